The summed E-state index contributed by atoms with van der Waals surface area (Å²) >= 11 is 0. The summed E-state index contributed by atoms with van der Waals surface area (Å²) in [6.07, 6.45) is 0. The summed E-state index contributed by atoms with van der Waals surface area (Å²) in [6, 6.07) is 15.9. The molecule has 3 aromatic rings. The lowest BCUT2D eigenvalue weighted by Gasteiger charge is -2.15. The van der Waals surface area contributed by atoms with Crippen LogP contribution in [0.5, 0.6) is 11.5 Å². The van der Waals surface area contributed by atoms with Crippen LogP contribution in [0.3, 0.4) is 0 Å². The number of pyridine rings is 1. The number of hydrogen-bond donors (Lipinski definition) is 2. The maximum absolute atomic E-state index is 8.24. The second-order valence-corrected chi connectivity index (χ2v) is 5.79. The summed E-state index contributed by atoms with van der Waals surface area (Å²) in [5.74, 6) is 2.34. The Hall–Kier alpha value is -2.95. The van der Waals surface area contributed by atoms with Gasteiger partial charge in [0.25, 0.3) is 0 Å². The van der Waals surface area contributed by atoms with E-state index >= 15 is 0 Å². The fraction of sp³-hybridized carbons (Fsp3) is 0.211. The number of ether oxygens (including phenoxy) is 2. The van der Waals surface area contributed by atoms with Gasteiger partial charge in [-0.15, -0.1) is 0 Å². The van der Waals surface area contributed by atoms with E-state index in [1.165, 1.54) is 0 Å². The SMILES string of the molecule is COc1c(OCc2ccccc2)ccc2c3n(c(=N)cc12)CCN3. The van der Waals surface area contributed by atoms with E-state index in [0.717, 1.165) is 35.2 Å². The lowest BCUT2D eigenvalue weighted by molar-refractivity contribution is 0.286. The van der Waals surface area contributed by atoms with Crippen LogP contribution in [0.25, 0.3) is 10.8 Å². The van der Waals surface area contributed by atoms with Gasteiger partial charge in [-0.3, -0.25) is 5.41 Å². The Bertz CT molecular complexity index is 948. The molecule has 0 saturated carbocycles. The Morgan fingerprint density at radius 2 is 1.96 bits per heavy atom. The standard InChI is InChI=1S/C19H19N3O2/c1-23-18-15-11-17(20)22-10-9-21-19(22)14(15)7-8-16(18)24-12-13-5-3-2-4-6-13/h2-8,11,20-21H,9-10,12H2,1H3. The molecule has 0 amide bonds. The molecule has 0 saturated heterocycles. The molecule has 5 nitrogen and oxygen atoms in total. The Morgan fingerprint density at radius 3 is 2.75 bits per heavy atom. The summed E-state index contributed by atoms with van der Waals surface area (Å²) in [6.45, 7) is 2.15. The maximum Gasteiger partial charge on any atom is 0.168 e. The van der Waals surface area contributed by atoms with E-state index in [9.17, 15) is 0 Å². The van der Waals surface area contributed by atoms with Crippen molar-refractivity contribution < 1.29 is 9.47 Å². The lowest BCUT2D eigenvalue weighted by atomic mass is 10.1. The van der Waals surface area contributed by atoms with Crippen molar-refractivity contribution in [3.8, 4) is 11.5 Å². The van der Waals surface area contributed by atoms with Crippen LogP contribution >= 0.6 is 0 Å². The van der Waals surface area contributed by atoms with Gasteiger partial charge in [-0.1, -0.05) is 30.3 Å². The Morgan fingerprint density at radius 1 is 1.12 bits per heavy atom. The van der Waals surface area contributed by atoms with Crippen molar-refractivity contribution in [2.24, 2.45) is 0 Å². The van der Waals surface area contributed by atoms with Crippen LogP contribution in [0.2, 0.25) is 0 Å². The van der Waals surface area contributed by atoms with Crippen LogP contribution in [0.4, 0.5) is 5.82 Å². The molecular formula is C19H19N3O2. The van der Waals surface area contributed by atoms with E-state index in [1.54, 1.807) is 7.11 Å². The first-order chi connectivity index (χ1) is 11.8. The minimum absolute atomic E-state index is 0.473. The quantitative estimate of drug-likeness (QED) is 0.776. The highest BCUT2D eigenvalue weighted by molar-refractivity contribution is 5.98. The molecule has 2 N–H and O–H groups in total. The minimum atomic E-state index is 0.473. The first-order valence-electron chi connectivity index (χ1n) is 7.97. The van der Waals surface area contributed by atoms with Gasteiger partial charge in [-0.25, -0.2) is 0 Å². The highest BCUT2D eigenvalue weighted by Crippen LogP contribution is 2.38. The number of nitrogens with one attached hydrogen (secondary N) is 2. The lowest BCUT2D eigenvalue weighted by Crippen LogP contribution is -2.17. The zero-order valence-electron chi connectivity index (χ0n) is 13.5. The average Bonchev–Trinajstić information content (AvgIpc) is 3.11. The molecule has 0 spiro atoms. The van der Waals surface area contributed by atoms with Gasteiger partial charge in [0.2, 0.25) is 0 Å². The van der Waals surface area contributed by atoms with Gasteiger partial charge in [0.15, 0.2) is 11.5 Å². The van der Waals surface area contributed by atoms with E-state index in [2.05, 4.69) is 5.32 Å². The summed E-state index contributed by atoms with van der Waals surface area (Å²) in [5.41, 5.74) is 1.58. The van der Waals surface area contributed by atoms with Crippen LogP contribution in [0.1, 0.15) is 5.56 Å². The highest BCUT2D eigenvalue weighted by Gasteiger charge is 2.18. The fourth-order valence-electron chi connectivity index (χ4n) is 3.18. The first-order valence-corrected chi connectivity index (χ1v) is 7.97. The van der Waals surface area contributed by atoms with Crippen molar-refractivity contribution >= 4 is 16.6 Å². The van der Waals surface area contributed by atoms with Gasteiger partial charge in [-0.05, 0) is 23.8 Å². The number of rotatable bonds is 4. The summed E-state index contributed by atoms with van der Waals surface area (Å²) < 4.78 is 13.6. The van der Waals surface area contributed by atoms with Crippen LogP contribution < -0.4 is 20.3 Å². The largest absolute Gasteiger partial charge is 0.492 e. The van der Waals surface area contributed by atoms with Crippen LogP contribution in [-0.2, 0) is 13.2 Å². The van der Waals surface area contributed by atoms with Gasteiger partial charge in [0.05, 0.1) is 7.11 Å². The molecule has 0 aliphatic carbocycles. The van der Waals surface area contributed by atoms with E-state index in [1.807, 2.05) is 53.1 Å². The number of aromatic nitrogens is 1. The molecular weight excluding hydrogens is 302 g/mol. The first kappa shape index (κ1) is 14.6. The molecule has 0 bridgehead atoms. The molecule has 1 aliphatic rings. The smallest absolute Gasteiger partial charge is 0.168 e. The molecule has 5 heteroatoms. The molecule has 4 rings (SSSR count). The number of fused-ring (bicyclic) bond motifs is 3. The fourth-order valence-corrected chi connectivity index (χ4v) is 3.18. The predicted molar refractivity (Wildman–Crippen MR) is 93.6 cm³/mol. The molecule has 0 fully saturated rings. The van der Waals surface area contributed by atoms with Gasteiger partial charge in [0.1, 0.15) is 17.9 Å². The topological polar surface area (TPSA) is 59.3 Å². The van der Waals surface area contributed by atoms with Crippen molar-refractivity contribution in [2.45, 2.75) is 13.2 Å². The molecule has 122 valence electrons. The van der Waals surface area contributed by atoms with Crippen molar-refractivity contribution in [3.63, 3.8) is 0 Å². The number of anilines is 1. The third-order valence-corrected chi connectivity index (χ3v) is 4.33. The highest BCUT2D eigenvalue weighted by atomic mass is 16.5. The Kier molecular flexibility index (Phi) is 3.61. The minimum Gasteiger partial charge on any atom is -0.492 e. The van der Waals surface area contributed by atoms with Crippen LogP contribution in [0, 0.1) is 5.41 Å². The normalized spacial score (nSPS) is 12.7. The second-order valence-electron chi connectivity index (χ2n) is 5.79. The average molecular weight is 321 g/mol. The zero-order valence-corrected chi connectivity index (χ0v) is 13.5. The third-order valence-electron chi connectivity index (χ3n) is 4.33. The number of hydrogen-bond acceptors (Lipinski definition) is 4. The second kappa shape index (κ2) is 5.92. The third kappa shape index (κ3) is 2.38. The van der Waals surface area contributed by atoms with Gasteiger partial charge in [-0.2, -0.15) is 0 Å². The molecule has 2 heterocycles. The summed E-state index contributed by atoms with van der Waals surface area (Å²) in [7, 11) is 1.64. The van der Waals surface area contributed by atoms with E-state index in [-0.39, 0.29) is 0 Å². The maximum atomic E-state index is 8.24. The molecule has 0 atom stereocenters. The van der Waals surface area contributed by atoms with Crippen LogP contribution in [0.15, 0.2) is 48.5 Å². The molecule has 0 radical (unpaired) electrons. The monoisotopic (exact) mass is 321 g/mol. The predicted octanol–water partition coefficient (Wildman–Crippen LogP) is 3.13. The Labute approximate surface area is 140 Å². The zero-order chi connectivity index (χ0) is 16.5. The summed E-state index contributed by atoms with van der Waals surface area (Å²) in [4.78, 5) is 0. The number of nitrogens with zero attached hydrogens (tertiary/aromatic N) is 1. The van der Waals surface area contributed by atoms with Crippen LogP contribution in [-0.4, -0.2) is 18.2 Å². The number of benzene rings is 2. The van der Waals surface area contributed by atoms with E-state index < -0.39 is 0 Å². The molecule has 0 unspecified atom stereocenters. The molecule has 24 heavy (non-hydrogen) atoms. The molecule has 1 aromatic heterocycles. The number of methoxy groups -OCH3 is 1. The van der Waals surface area contributed by atoms with Crippen molar-refractivity contribution in [1.29, 1.82) is 5.41 Å². The van der Waals surface area contributed by atoms with Crippen molar-refractivity contribution in [2.75, 3.05) is 19.0 Å². The van der Waals surface area contributed by atoms with E-state index in [0.29, 0.717) is 23.6 Å². The van der Waals surface area contributed by atoms with Gasteiger partial charge < -0.3 is 19.4 Å². The van der Waals surface area contributed by atoms with Crippen molar-refractivity contribution in [3.05, 3.63) is 59.6 Å². The molecule has 2 aromatic carbocycles. The van der Waals surface area contributed by atoms with Gasteiger partial charge >= 0.3 is 0 Å². The van der Waals surface area contributed by atoms with E-state index in [4.69, 9.17) is 14.9 Å². The van der Waals surface area contributed by atoms with Gasteiger partial charge in [0, 0.05) is 23.9 Å². The van der Waals surface area contributed by atoms with Crippen molar-refractivity contribution in [1.82, 2.24) is 4.57 Å². The Balaban J connectivity index is 1.77. The summed E-state index contributed by atoms with van der Waals surface area (Å²) in [5, 5.41) is 13.5. The molecule has 1 aliphatic heterocycles.